The Kier molecular flexibility index (Phi) is 6.70. The molecule has 5 nitrogen and oxygen atoms in total. The van der Waals surface area contributed by atoms with Crippen molar-refractivity contribution in [3.63, 3.8) is 0 Å². The fraction of sp³-hybridized carbons (Fsp3) is 0.300. The largest absolute Gasteiger partial charge is 0.368 e. The van der Waals surface area contributed by atoms with Crippen molar-refractivity contribution < 1.29 is 14.0 Å². The standard InChI is InChI=1S/C20H22FN3O2S/c21-16-6-8-17(9-7-16)22-19(25)14-27-15-20(26)24-12-10-23(11-13-24)18-4-2-1-3-5-18/h1-9H,10-15H2,(H,22,25). The number of benzene rings is 2. The van der Waals surface area contributed by atoms with Gasteiger partial charge in [-0.1, -0.05) is 18.2 Å². The van der Waals surface area contributed by atoms with Crippen LogP contribution in [0.1, 0.15) is 0 Å². The van der Waals surface area contributed by atoms with E-state index in [0.29, 0.717) is 18.8 Å². The maximum Gasteiger partial charge on any atom is 0.234 e. The lowest BCUT2D eigenvalue weighted by Gasteiger charge is -2.36. The van der Waals surface area contributed by atoms with Gasteiger partial charge in [0.2, 0.25) is 11.8 Å². The second kappa shape index (κ2) is 9.41. The monoisotopic (exact) mass is 387 g/mol. The van der Waals surface area contributed by atoms with Gasteiger partial charge in [-0.05, 0) is 36.4 Å². The Morgan fingerprint density at radius 2 is 1.59 bits per heavy atom. The number of carbonyl (C=O) groups excluding carboxylic acids is 2. The van der Waals surface area contributed by atoms with E-state index in [2.05, 4.69) is 22.3 Å². The summed E-state index contributed by atoms with van der Waals surface area (Å²) in [5.74, 6) is -0.0223. The molecule has 0 unspecified atom stereocenters. The first-order valence-corrected chi connectivity index (χ1v) is 9.98. The van der Waals surface area contributed by atoms with Gasteiger partial charge in [0.25, 0.3) is 0 Å². The topological polar surface area (TPSA) is 52.7 Å². The minimum absolute atomic E-state index is 0.0577. The summed E-state index contributed by atoms with van der Waals surface area (Å²) in [6.07, 6.45) is 0. The number of hydrogen-bond acceptors (Lipinski definition) is 4. The maximum atomic E-state index is 12.9. The van der Waals surface area contributed by atoms with Crippen molar-refractivity contribution in [1.29, 1.82) is 0 Å². The predicted molar refractivity (Wildman–Crippen MR) is 108 cm³/mol. The second-order valence-electron chi connectivity index (χ2n) is 6.25. The molecule has 2 amide bonds. The van der Waals surface area contributed by atoms with Crippen LogP contribution in [-0.4, -0.2) is 54.4 Å². The number of para-hydroxylation sites is 1. The molecule has 0 aliphatic carbocycles. The number of amides is 2. The molecule has 1 aliphatic rings. The quantitative estimate of drug-likeness (QED) is 0.828. The molecule has 1 aliphatic heterocycles. The van der Waals surface area contributed by atoms with E-state index in [1.807, 2.05) is 23.1 Å². The van der Waals surface area contributed by atoms with Gasteiger partial charge < -0.3 is 15.1 Å². The molecule has 3 rings (SSSR count). The lowest BCUT2D eigenvalue weighted by atomic mass is 10.2. The van der Waals surface area contributed by atoms with Crippen molar-refractivity contribution in [1.82, 2.24) is 4.90 Å². The van der Waals surface area contributed by atoms with Crippen LogP contribution in [0.4, 0.5) is 15.8 Å². The zero-order valence-electron chi connectivity index (χ0n) is 14.9. The van der Waals surface area contributed by atoms with Crippen LogP contribution in [-0.2, 0) is 9.59 Å². The van der Waals surface area contributed by atoms with Crippen LogP contribution in [0.15, 0.2) is 54.6 Å². The molecule has 1 N–H and O–H groups in total. The van der Waals surface area contributed by atoms with E-state index in [-0.39, 0.29) is 29.1 Å². The van der Waals surface area contributed by atoms with Crippen LogP contribution in [0, 0.1) is 5.82 Å². The molecular formula is C20H22FN3O2S. The molecule has 0 saturated carbocycles. The number of hydrogen-bond donors (Lipinski definition) is 1. The zero-order valence-corrected chi connectivity index (χ0v) is 15.8. The third-order valence-corrected chi connectivity index (χ3v) is 5.26. The summed E-state index contributed by atoms with van der Waals surface area (Å²) in [5.41, 5.74) is 1.72. The molecule has 0 spiro atoms. The molecule has 1 fully saturated rings. The van der Waals surface area contributed by atoms with E-state index < -0.39 is 0 Å². The van der Waals surface area contributed by atoms with Gasteiger partial charge in [0.15, 0.2) is 0 Å². The van der Waals surface area contributed by atoms with E-state index in [4.69, 9.17) is 0 Å². The molecular weight excluding hydrogens is 365 g/mol. The summed E-state index contributed by atoms with van der Waals surface area (Å²) < 4.78 is 12.9. The lowest BCUT2D eigenvalue weighted by molar-refractivity contribution is -0.128. The van der Waals surface area contributed by atoms with Crippen LogP contribution < -0.4 is 10.2 Å². The first-order chi connectivity index (χ1) is 13.1. The number of piperazine rings is 1. The average molecular weight is 387 g/mol. The van der Waals surface area contributed by atoms with E-state index in [0.717, 1.165) is 13.1 Å². The maximum absolute atomic E-state index is 12.9. The Morgan fingerprint density at radius 3 is 2.26 bits per heavy atom. The molecule has 0 radical (unpaired) electrons. The summed E-state index contributed by atoms with van der Waals surface area (Å²) >= 11 is 1.29. The molecule has 0 atom stereocenters. The van der Waals surface area contributed by atoms with E-state index >= 15 is 0 Å². The van der Waals surface area contributed by atoms with Crippen molar-refractivity contribution in [2.75, 3.05) is 47.9 Å². The van der Waals surface area contributed by atoms with Gasteiger partial charge in [0.1, 0.15) is 5.82 Å². The van der Waals surface area contributed by atoms with Gasteiger partial charge in [-0.15, -0.1) is 11.8 Å². The average Bonchev–Trinajstić information content (AvgIpc) is 2.70. The number of nitrogens with one attached hydrogen (secondary N) is 1. The van der Waals surface area contributed by atoms with E-state index in [9.17, 15) is 14.0 Å². The Bertz CT molecular complexity index is 763. The highest BCUT2D eigenvalue weighted by Gasteiger charge is 2.21. The Morgan fingerprint density at radius 1 is 0.926 bits per heavy atom. The minimum Gasteiger partial charge on any atom is -0.368 e. The predicted octanol–water partition coefficient (Wildman–Crippen LogP) is 2.85. The Labute approximate surface area is 162 Å². The van der Waals surface area contributed by atoms with Crippen molar-refractivity contribution in [3.8, 4) is 0 Å². The molecule has 27 heavy (non-hydrogen) atoms. The second-order valence-corrected chi connectivity index (χ2v) is 7.24. The number of halogens is 1. The number of carbonyl (C=O) groups is 2. The van der Waals surface area contributed by atoms with Crippen molar-refractivity contribution in [2.24, 2.45) is 0 Å². The van der Waals surface area contributed by atoms with Crippen LogP contribution in [0.2, 0.25) is 0 Å². The molecule has 1 heterocycles. The zero-order chi connectivity index (χ0) is 19.1. The first-order valence-electron chi connectivity index (χ1n) is 8.83. The molecule has 1 saturated heterocycles. The lowest BCUT2D eigenvalue weighted by Crippen LogP contribution is -2.49. The molecule has 2 aromatic rings. The van der Waals surface area contributed by atoms with Gasteiger partial charge >= 0.3 is 0 Å². The number of thioether (sulfide) groups is 1. The highest BCUT2D eigenvalue weighted by Crippen LogP contribution is 2.16. The van der Waals surface area contributed by atoms with Crippen LogP contribution in [0.3, 0.4) is 0 Å². The molecule has 2 aromatic carbocycles. The van der Waals surface area contributed by atoms with Crippen LogP contribution >= 0.6 is 11.8 Å². The number of nitrogens with zero attached hydrogens (tertiary/aromatic N) is 2. The summed E-state index contributed by atoms with van der Waals surface area (Å²) in [7, 11) is 0. The fourth-order valence-corrected chi connectivity index (χ4v) is 3.62. The smallest absolute Gasteiger partial charge is 0.234 e. The van der Waals surface area contributed by atoms with Crippen molar-refractivity contribution in [2.45, 2.75) is 0 Å². The number of anilines is 2. The fourth-order valence-electron chi connectivity index (χ4n) is 2.91. The summed E-state index contributed by atoms with van der Waals surface area (Å²) in [5, 5.41) is 2.69. The Balaban J connectivity index is 1.36. The number of rotatable bonds is 6. The first kappa shape index (κ1) is 19.2. The molecule has 142 valence electrons. The molecule has 0 bridgehead atoms. The minimum atomic E-state index is -0.347. The third kappa shape index (κ3) is 5.72. The normalized spacial score (nSPS) is 14.1. The van der Waals surface area contributed by atoms with Gasteiger partial charge in [-0.25, -0.2) is 4.39 Å². The highest BCUT2D eigenvalue weighted by molar-refractivity contribution is 8.00. The third-order valence-electron chi connectivity index (χ3n) is 4.34. The highest BCUT2D eigenvalue weighted by atomic mass is 32.2. The molecule has 7 heteroatoms. The van der Waals surface area contributed by atoms with Crippen molar-refractivity contribution in [3.05, 3.63) is 60.4 Å². The van der Waals surface area contributed by atoms with E-state index in [1.54, 1.807) is 0 Å². The summed E-state index contributed by atoms with van der Waals surface area (Å²) in [6, 6.07) is 15.8. The molecule has 0 aromatic heterocycles. The van der Waals surface area contributed by atoms with Gasteiger partial charge in [-0.2, -0.15) is 0 Å². The summed E-state index contributed by atoms with van der Waals surface area (Å²) in [6.45, 7) is 3.00. The van der Waals surface area contributed by atoms with Crippen molar-refractivity contribution >= 4 is 35.0 Å². The van der Waals surface area contributed by atoms with Gasteiger partial charge in [-0.3, -0.25) is 9.59 Å². The Hall–Kier alpha value is -2.54. The SMILES string of the molecule is O=C(CSCC(=O)N1CCN(c2ccccc2)CC1)Nc1ccc(F)cc1. The van der Waals surface area contributed by atoms with Gasteiger partial charge in [0.05, 0.1) is 11.5 Å². The van der Waals surface area contributed by atoms with Crippen LogP contribution in [0.5, 0.6) is 0 Å². The van der Waals surface area contributed by atoms with Gasteiger partial charge in [0, 0.05) is 37.6 Å². The van der Waals surface area contributed by atoms with E-state index in [1.165, 1.54) is 41.7 Å². The summed E-state index contributed by atoms with van der Waals surface area (Å²) in [4.78, 5) is 28.4. The van der Waals surface area contributed by atoms with Crippen LogP contribution in [0.25, 0.3) is 0 Å².